The summed E-state index contributed by atoms with van der Waals surface area (Å²) in [7, 11) is 0. The maximum atomic E-state index is 14.5. The lowest BCUT2D eigenvalue weighted by Crippen LogP contribution is -2.26. The molecule has 0 unspecified atom stereocenters. The quantitative estimate of drug-likeness (QED) is 0.0642. The number of aromatic nitrogens is 2. The first-order valence-electron chi connectivity index (χ1n) is 18.4. The second-order valence-corrected chi connectivity index (χ2v) is 13.5. The molecule has 2 heterocycles. The number of benzene rings is 5. The molecule has 0 N–H and O–H groups in total. The zero-order chi connectivity index (χ0) is 39.2. The summed E-state index contributed by atoms with van der Waals surface area (Å²) in [6.45, 7) is 14.5. The number of allylic oxidation sites excluding steroid dienone is 4. The zero-order valence-corrected chi connectivity index (χ0v) is 31.6. The van der Waals surface area contributed by atoms with Gasteiger partial charge >= 0.3 is 0 Å². The third kappa shape index (κ3) is 7.96. The summed E-state index contributed by atoms with van der Waals surface area (Å²) in [4.78, 5) is 18.9. The number of fused-ring (bicyclic) bond motifs is 3. The summed E-state index contributed by atoms with van der Waals surface area (Å²) in [6, 6.07) is 33.8. The van der Waals surface area contributed by atoms with Crippen molar-refractivity contribution in [1.29, 1.82) is 0 Å². The van der Waals surface area contributed by atoms with Crippen LogP contribution in [0.25, 0.3) is 51.2 Å². The summed E-state index contributed by atoms with van der Waals surface area (Å²) in [5.41, 5.74) is 10.6. The Bertz CT molecular complexity index is 2830. The summed E-state index contributed by atoms with van der Waals surface area (Å²) in [5, 5.41) is 4.10. The van der Waals surface area contributed by atoms with Gasteiger partial charge in [-0.15, -0.1) is 0 Å². The van der Waals surface area contributed by atoms with E-state index in [1.54, 1.807) is 18.5 Å². The number of hydrogen-bond acceptors (Lipinski definition) is 3. The highest BCUT2D eigenvalue weighted by atomic mass is 19.1. The topological polar surface area (TPSA) is 50.5 Å². The van der Waals surface area contributed by atoms with Crippen LogP contribution in [0.2, 0.25) is 0 Å². The minimum atomic E-state index is -0.697. The van der Waals surface area contributed by atoms with Crippen molar-refractivity contribution in [2.24, 2.45) is 9.98 Å². The average Bonchev–Trinajstić information content (AvgIpc) is 3.22. The molecule has 56 heavy (non-hydrogen) atoms. The third-order valence-electron chi connectivity index (χ3n) is 9.84. The van der Waals surface area contributed by atoms with Gasteiger partial charge in [0.25, 0.3) is 0 Å². The molecule has 0 saturated heterocycles. The Morgan fingerprint density at radius 1 is 0.786 bits per heavy atom. The maximum Gasteiger partial charge on any atom is 0.155 e. The lowest BCUT2D eigenvalue weighted by atomic mass is 9.92. The van der Waals surface area contributed by atoms with Crippen LogP contribution in [0.3, 0.4) is 0 Å². The van der Waals surface area contributed by atoms with Gasteiger partial charge in [0, 0.05) is 40.5 Å². The number of amidine groups is 1. The predicted octanol–water partition coefficient (Wildman–Crippen LogP) is 10.9. The first-order valence-corrected chi connectivity index (χ1v) is 18.4. The molecule has 6 heteroatoms. The SMILES string of the molecule is C=C/C=C(/c1ccc(C/N=C(\N=C(/C)c2ccc(-c3ccnc4c3ccc3cccnc34)cc2)c2cc(F)cc(F)c2)cc1)c1cc/c(=C/C=C\C)c(=C)c1C. The van der Waals surface area contributed by atoms with Crippen molar-refractivity contribution in [2.45, 2.75) is 27.3 Å². The largest absolute Gasteiger partial charge is 0.261 e. The van der Waals surface area contributed by atoms with Crippen LogP contribution in [-0.2, 0) is 6.54 Å². The summed E-state index contributed by atoms with van der Waals surface area (Å²) < 4.78 is 29.0. The number of aliphatic imine (C=N–C) groups is 2. The highest BCUT2D eigenvalue weighted by Crippen LogP contribution is 2.31. The fraction of sp³-hybridized carbons (Fsp3) is 0.0800. The molecule has 0 radical (unpaired) electrons. The number of nitrogens with zero attached hydrogens (tertiary/aromatic N) is 4. The Kier molecular flexibility index (Phi) is 11.1. The molecule has 7 rings (SSSR count). The molecule has 0 spiro atoms. The Hall–Kier alpha value is -6.92. The van der Waals surface area contributed by atoms with E-state index >= 15 is 0 Å². The molecule has 2 aromatic heterocycles. The number of halogens is 2. The second-order valence-electron chi connectivity index (χ2n) is 13.5. The van der Waals surface area contributed by atoms with Crippen LogP contribution in [0, 0.1) is 18.6 Å². The molecule has 0 amide bonds. The van der Waals surface area contributed by atoms with E-state index in [4.69, 9.17) is 9.98 Å². The van der Waals surface area contributed by atoms with Crippen LogP contribution in [0.5, 0.6) is 0 Å². The van der Waals surface area contributed by atoms with E-state index in [-0.39, 0.29) is 17.9 Å². The fourth-order valence-corrected chi connectivity index (χ4v) is 6.83. The van der Waals surface area contributed by atoms with Crippen LogP contribution < -0.4 is 10.4 Å². The standard InChI is InChI=1S/C50H40F2N4/c1-6-8-11-36-21-23-44(33(4)32(36)3)45(10-7-2)38-15-13-35(14-16-38)31-55-50(41-28-42(51)30-43(52)29-41)56-34(5)37-17-19-39(20-18-37)46-25-27-54-49-47(46)24-22-40-12-9-26-53-48(40)49/h6-30H,2-3,31H2,1,4-5H3/b8-6-,36-11-,45-10-,55-50-,56-34+. The summed E-state index contributed by atoms with van der Waals surface area (Å²) >= 11 is 0. The first kappa shape index (κ1) is 37.4. The van der Waals surface area contributed by atoms with Crippen molar-refractivity contribution in [3.63, 3.8) is 0 Å². The van der Waals surface area contributed by atoms with E-state index in [9.17, 15) is 8.78 Å². The van der Waals surface area contributed by atoms with E-state index in [1.165, 1.54) is 12.1 Å². The van der Waals surface area contributed by atoms with E-state index in [1.807, 2.05) is 98.8 Å². The lowest BCUT2D eigenvalue weighted by molar-refractivity contribution is 0.583. The van der Waals surface area contributed by atoms with Crippen molar-refractivity contribution < 1.29 is 8.78 Å². The second kappa shape index (κ2) is 16.6. The molecule has 0 aliphatic carbocycles. The minimum Gasteiger partial charge on any atom is -0.261 e. The predicted molar refractivity (Wildman–Crippen MR) is 230 cm³/mol. The Balaban J connectivity index is 1.18. The lowest BCUT2D eigenvalue weighted by Gasteiger charge is -2.13. The molecule has 0 aliphatic heterocycles. The molecule has 7 aromatic rings. The van der Waals surface area contributed by atoms with Crippen molar-refractivity contribution in [1.82, 2.24) is 9.97 Å². The number of hydrogen-bond donors (Lipinski definition) is 0. The van der Waals surface area contributed by atoms with Gasteiger partial charge in [0.2, 0.25) is 0 Å². The summed E-state index contributed by atoms with van der Waals surface area (Å²) in [6.07, 6.45) is 13.4. The first-order chi connectivity index (χ1) is 27.2. The van der Waals surface area contributed by atoms with Crippen molar-refractivity contribution in [3.05, 3.63) is 208 Å². The molecule has 0 atom stereocenters. The highest BCUT2D eigenvalue weighted by Gasteiger charge is 2.13. The van der Waals surface area contributed by atoms with Gasteiger partial charge in [-0.05, 0) is 100.0 Å². The van der Waals surface area contributed by atoms with Crippen LogP contribution >= 0.6 is 0 Å². The van der Waals surface area contributed by atoms with Crippen LogP contribution in [-0.4, -0.2) is 21.5 Å². The molecular formula is C50H40F2N4. The van der Waals surface area contributed by atoms with Gasteiger partial charge in [-0.2, -0.15) is 0 Å². The van der Waals surface area contributed by atoms with E-state index in [2.05, 4.69) is 60.4 Å². The Morgan fingerprint density at radius 2 is 1.52 bits per heavy atom. The highest BCUT2D eigenvalue weighted by molar-refractivity contribution is 6.12. The van der Waals surface area contributed by atoms with Crippen LogP contribution in [0.15, 0.2) is 162 Å². The third-order valence-corrected chi connectivity index (χ3v) is 9.84. The van der Waals surface area contributed by atoms with Gasteiger partial charge in [0.1, 0.15) is 11.6 Å². The van der Waals surface area contributed by atoms with Gasteiger partial charge in [-0.1, -0.05) is 122 Å². The van der Waals surface area contributed by atoms with Crippen molar-refractivity contribution in [3.8, 4) is 11.1 Å². The molecule has 0 aliphatic rings. The van der Waals surface area contributed by atoms with Crippen LogP contribution in [0.4, 0.5) is 8.78 Å². The fourth-order valence-electron chi connectivity index (χ4n) is 6.83. The Morgan fingerprint density at radius 3 is 2.25 bits per heavy atom. The Labute approximate surface area is 325 Å². The van der Waals surface area contributed by atoms with E-state index in [0.29, 0.717) is 5.71 Å². The van der Waals surface area contributed by atoms with Gasteiger partial charge < -0.3 is 0 Å². The van der Waals surface area contributed by atoms with Gasteiger partial charge in [-0.3, -0.25) is 15.0 Å². The smallest absolute Gasteiger partial charge is 0.155 e. The van der Waals surface area contributed by atoms with Gasteiger partial charge in [0.05, 0.1) is 17.6 Å². The number of rotatable bonds is 9. The van der Waals surface area contributed by atoms with Gasteiger partial charge in [0.15, 0.2) is 5.84 Å². The van der Waals surface area contributed by atoms with Crippen molar-refractivity contribution in [2.75, 3.05) is 0 Å². The van der Waals surface area contributed by atoms with E-state index in [0.717, 1.165) is 82.8 Å². The maximum absolute atomic E-state index is 14.5. The zero-order valence-electron chi connectivity index (χ0n) is 31.6. The minimum absolute atomic E-state index is 0.231. The molecule has 4 nitrogen and oxygen atoms in total. The van der Waals surface area contributed by atoms with Crippen LogP contribution in [0.1, 0.15) is 47.2 Å². The van der Waals surface area contributed by atoms with Crippen molar-refractivity contribution >= 4 is 51.6 Å². The average molecular weight is 735 g/mol. The molecule has 0 saturated carbocycles. The van der Waals surface area contributed by atoms with Gasteiger partial charge in [-0.25, -0.2) is 13.8 Å². The normalized spacial score (nSPS) is 12.9. The summed E-state index contributed by atoms with van der Waals surface area (Å²) in [5.74, 6) is -1.16. The monoisotopic (exact) mass is 734 g/mol. The van der Waals surface area contributed by atoms with E-state index < -0.39 is 11.6 Å². The molecular weight excluding hydrogens is 695 g/mol. The molecule has 5 aromatic carbocycles. The molecule has 274 valence electrons. The number of pyridine rings is 2. The molecule has 0 bridgehead atoms. The molecule has 0 fully saturated rings.